The molecule has 0 aromatic heterocycles. The first kappa shape index (κ1) is 84.1. The highest BCUT2D eigenvalue weighted by Crippen LogP contribution is 2.45. The molecule has 0 heterocycles. The van der Waals surface area contributed by atoms with Crippen molar-refractivity contribution in [1.29, 1.82) is 0 Å². The molecule has 0 saturated carbocycles. The molecule has 0 aliphatic carbocycles. The maximum absolute atomic E-state index is 13.0. The predicted octanol–water partition coefficient (Wildman–Crippen LogP) is 18.8. The predicted molar refractivity (Wildman–Crippen MR) is 345 cm³/mol. The number of unbranched alkanes of at least 4 members (excludes halogenated alkanes) is 35. The molecule has 0 spiro atoms. The fraction of sp³-hybridized carbons (Fsp3) is 0.940. The summed E-state index contributed by atoms with van der Waals surface area (Å²) in [6.07, 6.45) is 43.0. The van der Waals surface area contributed by atoms with E-state index >= 15 is 0 Å². The number of carbonyl (C=O) groups excluding carboxylic acids is 4. The monoisotopic (exact) mass is 1270 g/mol. The summed E-state index contributed by atoms with van der Waals surface area (Å²) in [6, 6.07) is 0. The van der Waals surface area contributed by atoms with Crippen LogP contribution in [0.4, 0.5) is 0 Å². The minimum Gasteiger partial charge on any atom is -0.462 e. The Labute approximate surface area is 524 Å². The SMILES string of the molecule is CCCCCCCCCCCCCC(=O)OC[C@H](COP(=O)(O)OC[C@@H](O)COP(=O)(O)OC[C@@H](COC(=O)CCCCCCCCCCCC)OC(=O)CCCCCCCCC(C)CC)OC(=O)CCCCCCCCCCCCCCC(C)C. The van der Waals surface area contributed by atoms with E-state index in [0.29, 0.717) is 25.7 Å². The molecule has 0 fully saturated rings. The van der Waals surface area contributed by atoms with Crippen LogP contribution in [0.2, 0.25) is 0 Å². The molecular formula is C67H130O17P2. The van der Waals surface area contributed by atoms with Gasteiger partial charge in [0.05, 0.1) is 26.4 Å². The zero-order chi connectivity index (χ0) is 63.6. The average molecular weight is 1270 g/mol. The summed E-state index contributed by atoms with van der Waals surface area (Å²) >= 11 is 0. The number of phosphoric acid groups is 2. The third kappa shape index (κ3) is 59.7. The van der Waals surface area contributed by atoms with Gasteiger partial charge in [-0.3, -0.25) is 37.3 Å². The summed E-state index contributed by atoms with van der Waals surface area (Å²) in [6.45, 7) is 9.47. The summed E-state index contributed by atoms with van der Waals surface area (Å²) < 4.78 is 68.1. The molecule has 3 unspecified atom stereocenters. The van der Waals surface area contributed by atoms with Gasteiger partial charge in [0.25, 0.3) is 0 Å². The molecular weight excluding hydrogens is 1140 g/mol. The lowest BCUT2D eigenvalue weighted by Gasteiger charge is -2.21. The van der Waals surface area contributed by atoms with E-state index in [9.17, 15) is 43.2 Å². The highest BCUT2D eigenvalue weighted by molar-refractivity contribution is 7.47. The first-order valence-electron chi connectivity index (χ1n) is 35.0. The van der Waals surface area contributed by atoms with Gasteiger partial charge in [-0.1, -0.05) is 286 Å². The zero-order valence-corrected chi connectivity index (χ0v) is 57.4. The van der Waals surface area contributed by atoms with E-state index in [0.717, 1.165) is 102 Å². The number of hydrogen-bond donors (Lipinski definition) is 3. The average Bonchev–Trinajstić information content (AvgIpc) is 3.67. The number of rotatable bonds is 66. The third-order valence-corrected chi connectivity index (χ3v) is 17.7. The van der Waals surface area contributed by atoms with E-state index in [1.165, 1.54) is 154 Å². The van der Waals surface area contributed by atoms with Crippen LogP contribution in [0, 0.1) is 11.8 Å². The Hall–Kier alpha value is -1.94. The normalized spacial score (nSPS) is 14.5. The van der Waals surface area contributed by atoms with Crippen molar-refractivity contribution >= 4 is 39.5 Å². The van der Waals surface area contributed by atoms with Crippen molar-refractivity contribution in [2.45, 2.75) is 355 Å². The van der Waals surface area contributed by atoms with Crippen LogP contribution in [0.25, 0.3) is 0 Å². The summed E-state index contributed by atoms with van der Waals surface area (Å²) in [7, 11) is -9.89. The molecule has 86 heavy (non-hydrogen) atoms. The van der Waals surface area contributed by atoms with E-state index in [2.05, 4.69) is 41.5 Å². The Morgan fingerprint density at radius 3 is 0.884 bits per heavy atom. The highest BCUT2D eigenvalue weighted by atomic mass is 31.2. The summed E-state index contributed by atoms with van der Waals surface area (Å²) in [4.78, 5) is 72.3. The van der Waals surface area contributed by atoms with Crippen LogP contribution in [-0.4, -0.2) is 96.7 Å². The van der Waals surface area contributed by atoms with Crippen LogP contribution in [0.15, 0.2) is 0 Å². The molecule has 0 aromatic carbocycles. The van der Waals surface area contributed by atoms with Gasteiger partial charge in [-0.2, -0.15) is 0 Å². The van der Waals surface area contributed by atoms with Gasteiger partial charge < -0.3 is 33.8 Å². The number of ether oxygens (including phenoxy) is 4. The van der Waals surface area contributed by atoms with E-state index in [-0.39, 0.29) is 25.7 Å². The number of esters is 4. The van der Waals surface area contributed by atoms with Gasteiger partial charge in [0, 0.05) is 25.7 Å². The van der Waals surface area contributed by atoms with Crippen LogP contribution in [0.1, 0.15) is 337 Å². The standard InChI is InChI=1S/C67H130O17P2/c1-7-10-12-14-16-18-22-27-31-38-44-50-65(70)77-55-62(83-66(71)51-45-39-32-28-24-21-20-23-25-29-35-41-47-59(4)5)57-81-85(73,74)79-53-61(68)54-80-86(75,76)82-58-63(84-67(72)52-46-40-34-33-36-42-48-60(6)9-3)56-78-64(69)49-43-37-30-26-19-17-15-13-11-8-2/h59-63,68H,7-58H2,1-6H3,(H,73,74)(H,75,76)/t60?,61-,62-,63-/m1/s1. The van der Waals surface area contributed by atoms with Gasteiger partial charge in [0.2, 0.25) is 0 Å². The number of aliphatic hydroxyl groups excluding tert-OH is 1. The Bertz CT molecular complexity index is 1690. The molecule has 17 nitrogen and oxygen atoms in total. The van der Waals surface area contributed by atoms with E-state index in [1.807, 2.05) is 0 Å². The number of carbonyl (C=O) groups is 4. The van der Waals surface area contributed by atoms with Crippen LogP contribution in [0.5, 0.6) is 0 Å². The van der Waals surface area contributed by atoms with Crippen molar-refractivity contribution in [3.63, 3.8) is 0 Å². The molecule has 0 rings (SSSR count). The van der Waals surface area contributed by atoms with Crippen molar-refractivity contribution in [1.82, 2.24) is 0 Å². The first-order chi connectivity index (χ1) is 41.4. The maximum atomic E-state index is 13.0. The van der Waals surface area contributed by atoms with E-state index in [1.54, 1.807) is 0 Å². The van der Waals surface area contributed by atoms with E-state index in [4.69, 9.17) is 37.0 Å². The van der Waals surface area contributed by atoms with Crippen molar-refractivity contribution in [2.75, 3.05) is 39.6 Å². The van der Waals surface area contributed by atoms with Gasteiger partial charge in [0.15, 0.2) is 12.2 Å². The topological polar surface area (TPSA) is 237 Å². The molecule has 0 saturated heterocycles. The molecule has 0 amide bonds. The second-order valence-electron chi connectivity index (χ2n) is 24.9. The number of aliphatic hydroxyl groups is 1. The quantitative estimate of drug-likeness (QED) is 0.0222. The molecule has 0 bridgehead atoms. The van der Waals surface area contributed by atoms with Crippen molar-refractivity contribution in [3.8, 4) is 0 Å². The van der Waals surface area contributed by atoms with E-state index < -0.39 is 97.5 Å². The molecule has 6 atom stereocenters. The van der Waals surface area contributed by atoms with Crippen molar-refractivity contribution in [3.05, 3.63) is 0 Å². The molecule has 19 heteroatoms. The van der Waals surface area contributed by atoms with Crippen LogP contribution in [-0.2, 0) is 65.4 Å². The van der Waals surface area contributed by atoms with Gasteiger partial charge in [-0.25, -0.2) is 9.13 Å². The molecule has 3 N–H and O–H groups in total. The molecule has 0 aliphatic heterocycles. The smallest absolute Gasteiger partial charge is 0.462 e. The Kier molecular flexibility index (Phi) is 58.0. The first-order valence-corrected chi connectivity index (χ1v) is 38.0. The second-order valence-corrected chi connectivity index (χ2v) is 27.8. The minimum absolute atomic E-state index is 0.103. The number of hydrogen-bond acceptors (Lipinski definition) is 15. The van der Waals surface area contributed by atoms with Crippen LogP contribution < -0.4 is 0 Å². The van der Waals surface area contributed by atoms with Crippen molar-refractivity contribution in [2.24, 2.45) is 11.8 Å². The van der Waals surface area contributed by atoms with Crippen LogP contribution in [0.3, 0.4) is 0 Å². The lowest BCUT2D eigenvalue weighted by atomic mass is 10.00. The van der Waals surface area contributed by atoms with Crippen molar-refractivity contribution < 1.29 is 80.2 Å². The fourth-order valence-electron chi connectivity index (χ4n) is 10.0. The molecule has 510 valence electrons. The van der Waals surface area contributed by atoms with Gasteiger partial charge in [0.1, 0.15) is 19.3 Å². The lowest BCUT2D eigenvalue weighted by molar-refractivity contribution is -0.161. The highest BCUT2D eigenvalue weighted by Gasteiger charge is 2.30. The van der Waals surface area contributed by atoms with Gasteiger partial charge >= 0.3 is 39.5 Å². The summed E-state index contributed by atoms with van der Waals surface area (Å²) in [5.41, 5.74) is 0. The van der Waals surface area contributed by atoms with Gasteiger partial charge in [-0.05, 0) is 37.5 Å². The summed E-state index contributed by atoms with van der Waals surface area (Å²) in [5.74, 6) is -0.633. The zero-order valence-electron chi connectivity index (χ0n) is 55.6. The van der Waals surface area contributed by atoms with Gasteiger partial charge in [-0.15, -0.1) is 0 Å². The Morgan fingerprint density at radius 1 is 0.337 bits per heavy atom. The Morgan fingerprint density at radius 2 is 0.593 bits per heavy atom. The second kappa shape index (κ2) is 59.4. The van der Waals surface area contributed by atoms with Crippen LogP contribution >= 0.6 is 15.6 Å². The lowest BCUT2D eigenvalue weighted by Crippen LogP contribution is -2.30. The number of phosphoric ester groups is 2. The fourth-order valence-corrected chi connectivity index (χ4v) is 11.6. The largest absolute Gasteiger partial charge is 0.472 e. The minimum atomic E-state index is -4.95. The molecule has 0 aliphatic rings. The Balaban J connectivity index is 5.24. The third-order valence-electron chi connectivity index (χ3n) is 15.8. The maximum Gasteiger partial charge on any atom is 0.472 e. The molecule has 0 aromatic rings. The summed E-state index contributed by atoms with van der Waals surface area (Å²) in [5, 5.41) is 10.6. The molecule has 0 radical (unpaired) electrons.